The summed E-state index contributed by atoms with van der Waals surface area (Å²) < 4.78 is 16.8. The fourth-order valence-electron chi connectivity index (χ4n) is 2.40. The summed E-state index contributed by atoms with van der Waals surface area (Å²) in [4.78, 5) is 35.6. The Morgan fingerprint density at radius 2 is 2.04 bits per heavy atom. The molecule has 0 unspecified atom stereocenters. The lowest BCUT2D eigenvalue weighted by molar-refractivity contribution is -0.155. The number of ether oxygens (including phenoxy) is 3. The van der Waals surface area contributed by atoms with Gasteiger partial charge in [-0.25, -0.2) is 0 Å². The van der Waals surface area contributed by atoms with Crippen molar-refractivity contribution in [2.75, 3.05) is 6.79 Å². The Hall–Kier alpha value is -3.29. The maximum absolute atomic E-state index is 12.1. The van der Waals surface area contributed by atoms with Gasteiger partial charge < -0.3 is 24.1 Å². The van der Waals surface area contributed by atoms with Gasteiger partial charge in [-0.3, -0.25) is 14.4 Å². The van der Waals surface area contributed by atoms with Crippen molar-refractivity contribution >= 4 is 11.9 Å². The predicted octanol–water partition coefficient (Wildman–Crippen LogP) is 0.825. The molecular formula is C18H18N2O6. The first-order valence-corrected chi connectivity index (χ1v) is 8.04. The van der Waals surface area contributed by atoms with Crippen molar-refractivity contribution in [1.82, 2.24) is 9.88 Å². The van der Waals surface area contributed by atoms with Crippen LogP contribution in [-0.2, 0) is 27.4 Å². The Morgan fingerprint density at radius 3 is 2.85 bits per heavy atom. The molecule has 26 heavy (non-hydrogen) atoms. The Bertz CT molecular complexity index is 876. The Balaban J connectivity index is 1.49. The third-order valence-corrected chi connectivity index (χ3v) is 3.78. The quantitative estimate of drug-likeness (QED) is 0.769. The van der Waals surface area contributed by atoms with E-state index in [9.17, 15) is 14.4 Å². The van der Waals surface area contributed by atoms with Crippen molar-refractivity contribution in [3.8, 4) is 11.5 Å². The Labute approximate surface area is 149 Å². The van der Waals surface area contributed by atoms with Crippen molar-refractivity contribution in [2.24, 2.45) is 0 Å². The highest BCUT2D eigenvalue weighted by molar-refractivity contribution is 5.83. The second kappa shape index (κ2) is 7.73. The number of pyridine rings is 1. The fourth-order valence-corrected chi connectivity index (χ4v) is 2.40. The Morgan fingerprint density at radius 1 is 1.23 bits per heavy atom. The van der Waals surface area contributed by atoms with Gasteiger partial charge >= 0.3 is 5.97 Å². The average Bonchev–Trinajstić information content (AvgIpc) is 3.09. The number of carbonyl (C=O) groups excluding carboxylic acids is 2. The van der Waals surface area contributed by atoms with Crippen LogP contribution in [0.25, 0.3) is 0 Å². The van der Waals surface area contributed by atoms with Gasteiger partial charge in [-0.15, -0.1) is 0 Å². The molecule has 1 amide bonds. The number of amides is 1. The number of benzene rings is 1. The number of aromatic nitrogens is 1. The molecule has 136 valence electrons. The van der Waals surface area contributed by atoms with Gasteiger partial charge in [0.15, 0.2) is 17.6 Å². The normalized spacial score (nSPS) is 13.1. The van der Waals surface area contributed by atoms with E-state index in [1.807, 2.05) is 6.07 Å². The van der Waals surface area contributed by atoms with Crippen LogP contribution in [-0.4, -0.2) is 29.3 Å². The molecule has 2 heterocycles. The second-order valence-electron chi connectivity index (χ2n) is 5.70. The number of rotatable bonds is 6. The van der Waals surface area contributed by atoms with Crippen LogP contribution in [0, 0.1) is 0 Å². The van der Waals surface area contributed by atoms with Gasteiger partial charge in [0.2, 0.25) is 6.79 Å². The third-order valence-electron chi connectivity index (χ3n) is 3.78. The maximum atomic E-state index is 12.1. The van der Waals surface area contributed by atoms with E-state index >= 15 is 0 Å². The SMILES string of the molecule is C[C@H](OC(=O)Cn1ccccc1=O)C(=O)NCc1ccc2c(c1)OCO2. The lowest BCUT2D eigenvalue weighted by Crippen LogP contribution is -2.36. The molecular weight excluding hydrogens is 340 g/mol. The van der Waals surface area contributed by atoms with Crippen LogP contribution in [0.15, 0.2) is 47.4 Å². The lowest BCUT2D eigenvalue weighted by Gasteiger charge is -2.14. The highest BCUT2D eigenvalue weighted by Crippen LogP contribution is 2.32. The lowest BCUT2D eigenvalue weighted by atomic mass is 10.2. The summed E-state index contributed by atoms with van der Waals surface area (Å²) in [7, 11) is 0. The molecule has 1 atom stereocenters. The van der Waals surface area contributed by atoms with Crippen LogP contribution in [0.2, 0.25) is 0 Å². The highest BCUT2D eigenvalue weighted by atomic mass is 16.7. The molecule has 0 radical (unpaired) electrons. The van der Waals surface area contributed by atoms with Crippen molar-refractivity contribution in [3.63, 3.8) is 0 Å². The topological polar surface area (TPSA) is 95.9 Å². The zero-order valence-electron chi connectivity index (χ0n) is 14.1. The Kier molecular flexibility index (Phi) is 5.21. The van der Waals surface area contributed by atoms with Crippen LogP contribution >= 0.6 is 0 Å². The molecule has 1 aromatic heterocycles. The standard InChI is InChI=1S/C18H18N2O6/c1-12(26-17(22)10-20-7-3-2-4-16(20)21)18(23)19-9-13-5-6-14-15(8-13)25-11-24-14/h2-8,12H,9-11H2,1H3,(H,19,23)/t12-/m0/s1. The molecule has 1 aromatic carbocycles. The minimum Gasteiger partial charge on any atom is -0.454 e. The van der Waals surface area contributed by atoms with Crippen LogP contribution in [0.4, 0.5) is 0 Å². The minimum atomic E-state index is -0.976. The zero-order chi connectivity index (χ0) is 18.5. The van der Waals surface area contributed by atoms with Crippen molar-refractivity contribution in [1.29, 1.82) is 0 Å². The van der Waals surface area contributed by atoms with E-state index in [0.29, 0.717) is 11.5 Å². The van der Waals surface area contributed by atoms with E-state index < -0.39 is 18.0 Å². The van der Waals surface area contributed by atoms with E-state index in [2.05, 4.69) is 5.32 Å². The van der Waals surface area contributed by atoms with Crippen LogP contribution in [0.3, 0.4) is 0 Å². The molecule has 0 aliphatic carbocycles. The highest BCUT2D eigenvalue weighted by Gasteiger charge is 2.19. The number of nitrogens with one attached hydrogen (secondary N) is 1. The van der Waals surface area contributed by atoms with Crippen LogP contribution in [0.1, 0.15) is 12.5 Å². The molecule has 2 aromatic rings. The van der Waals surface area contributed by atoms with Crippen LogP contribution < -0.4 is 20.3 Å². The second-order valence-corrected chi connectivity index (χ2v) is 5.70. The van der Waals surface area contributed by atoms with Gasteiger partial charge in [-0.1, -0.05) is 12.1 Å². The number of hydrogen-bond donors (Lipinski definition) is 1. The molecule has 1 N–H and O–H groups in total. The first-order chi connectivity index (χ1) is 12.5. The summed E-state index contributed by atoms with van der Waals surface area (Å²) in [5, 5.41) is 2.69. The van der Waals surface area contributed by atoms with Crippen molar-refractivity contribution < 1.29 is 23.8 Å². The summed E-state index contributed by atoms with van der Waals surface area (Å²) in [5.41, 5.74) is 0.515. The van der Waals surface area contributed by atoms with E-state index in [-0.39, 0.29) is 25.4 Å². The largest absolute Gasteiger partial charge is 0.454 e. The molecule has 0 bridgehead atoms. The number of hydrogen-bond acceptors (Lipinski definition) is 6. The van der Waals surface area contributed by atoms with Crippen molar-refractivity contribution in [2.45, 2.75) is 26.1 Å². The molecule has 0 spiro atoms. The van der Waals surface area contributed by atoms with Gasteiger partial charge in [-0.05, 0) is 30.7 Å². The number of fused-ring (bicyclic) bond motifs is 1. The zero-order valence-corrected chi connectivity index (χ0v) is 14.1. The summed E-state index contributed by atoms with van der Waals surface area (Å²) in [6.07, 6.45) is 0.504. The molecule has 3 rings (SSSR count). The third kappa shape index (κ3) is 4.21. The fraction of sp³-hybridized carbons (Fsp3) is 0.278. The summed E-state index contributed by atoms with van der Waals surface area (Å²) in [6.45, 7) is 1.66. The summed E-state index contributed by atoms with van der Waals surface area (Å²) in [5.74, 6) is 0.198. The number of nitrogens with zero attached hydrogens (tertiary/aromatic N) is 1. The number of esters is 1. The molecule has 1 aliphatic heterocycles. The first-order valence-electron chi connectivity index (χ1n) is 8.04. The first kappa shape index (κ1) is 17.5. The van der Waals surface area contributed by atoms with Crippen molar-refractivity contribution in [3.05, 3.63) is 58.5 Å². The van der Waals surface area contributed by atoms with Gasteiger partial charge in [0.05, 0.1) is 0 Å². The smallest absolute Gasteiger partial charge is 0.326 e. The summed E-state index contributed by atoms with van der Waals surface area (Å²) in [6, 6.07) is 9.92. The van der Waals surface area contributed by atoms with E-state index in [1.165, 1.54) is 23.8 Å². The molecule has 8 heteroatoms. The van der Waals surface area contributed by atoms with Crippen LogP contribution in [0.5, 0.6) is 11.5 Å². The summed E-state index contributed by atoms with van der Waals surface area (Å²) >= 11 is 0. The van der Waals surface area contributed by atoms with E-state index in [4.69, 9.17) is 14.2 Å². The van der Waals surface area contributed by atoms with Gasteiger partial charge in [-0.2, -0.15) is 0 Å². The predicted molar refractivity (Wildman–Crippen MR) is 90.7 cm³/mol. The van der Waals surface area contributed by atoms with Gasteiger partial charge in [0, 0.05) is 18.8 Å². The van der Waals surface area contributed by atoms with E-state index in [1.54, 1.807) is 24.3 Å². The molecule has 8 nitrogen and oxygen atoms in total. The monoisotopic (exact) mass is 358 g/mol. The van der Waals surface area contributed by atoms with Gasteiger partial charge in [0.25, 0.3) is 11.5 Å². The van der Waals surface area contributed by atoms with E-state index in [0.717, 1.165) is 5.56 Å². The maximum Gasteiger partial charge on any atom is 0.326 e. The minimum absolute atomic E-state index is 0.183. The molecule has 1 aliphatic rings. The average molecular weight is 358 g/mol. The molecule has 0 fully saturated rings. The molecule has 0 saturated carbocycles. The number of carbonyl (C=O) groups is 2. The van der Waals surface area contributed by atoms with Gasteiger partial charge in [0.1, 0.15) is 6.54 Å². The molecule has 0 saturated heterocycles.